The number of thiophene rings is 1. The molecule has 1 saturated heterocycles. The molecule has 5 nitrogen and oxygen atoms in total. The van der Waals surface area contributed by atoms with Crippen LogP contribution in [0, 0.1) is 6.92 Å². The molecule has 2 aromatic rings. The molecule has 0 aromatic carbocycles. The van der Waals surface area contributed by atoms with E-state index in [1.165, 1.54) is 4.88 Å². The Balaban J connectivity index is 1.42. The smallest absolute Gasteiger partial charge is 0.317 e. The molecule has 0 radical (unpaired) electrons. The molecule has 1 aliphatic rings. The van der Waals surface area contributed by atoms with E-state index in [1.54, 1.807) is 17.5 Å². The summed E-state index contributed by atoms with van der Waals surface area (Å²) in [6.07, 6.45) is 3.61. The Bertz CT molecular complexity index is 620. The van der Waals surface area contributed by atoms with E-state index in [0.717, 1.165) is 37.4 Å². The maximum atomic E-state index is 12.2. The highest BCUT2D eigenvalue weighted by atomic mass is 32.1. The SMILES string of the molecule is Cc1ccc(OC2CCN(C(=O)NCc3cccs3)CC2)cn1. The molecule has 23 heavy (non-hydrogen) atoms. The third kappa shape index (κ3) is 4.45. The van der Waals surface area contributed by atoms with Gasteiger partial charge >= 0.3 is 6.03 Å². The van der Waals surface area contributed by atoms with Crippen molar-refractivity contribution in [1.29, 1.82) is 0 Å². The summed E-state index contributed by atoms with van der Waals surface area (Å²) >= 11 is 1.65. The number of hydrogen-bond acceptors (Lipinski definition) is 4. The summed E-state index contributed by atoms with van der Waals surface area (Å²) in [5.41, 5.74) is 0.981. The number of pyridine rings is 1. The van der Waals surface area contributed by atoms with Crippen LogP contribution in [0.25, 0.3) is 0 Å². The van der Waals surface area contributed by atoms with Crippen molar-refractivity contribution < 1.29 is 9.53 Å². The molecule has 1 N–H and O–H groups in total. The van der Waals surface area contributed by atoms with Crippen LogP contribution in [-0.2, 0) is 6.54 Å². The molecule has 1 aliphatic heterocycles. The fourth-order valence-electron chi connectivity index (χ4n) is 2.58. The number of likely N-dealkylation sites (tertiary alicyclic amines) is 1. The van der Waals surface area contributed by atoms with Gasteiger partial charge in [0.1, 0.15) is 11.9 Å². The van der Waals surface area contributed by atoms with Crippen molar-refractivity contribution in [3.63, 3.8) is 0 Å². The van der Waals surface area contributed by atoms with Crippen molar-refractivity contribution in [3.8, 4) is 5.75 Å². The standard InChI is InChI=1S/C17H21N3O2S/c1-13-4-5-15(11-18-13)22-14-6-8-20(9-7-14)17(21)19-12-16-3-2-10-23-16/h2-5,10-11,14H,6-9,12H2,1H3,(H,19,21). The average molecular weight is 331 g/mol. The van der Waals surface area contributed by atoms with Crippen LogP contribution < -0.4 is 10.1 Å². The zero-order chi connectivity index (χ0) is 16.1. The van der Waals surface area contributed by atoms with Crippen molar-refractivity contribution in [2.75, 3.05) is 13.1 Å². The van der Waals surface area contributed by atoms with Crippen LogP contribution in [0.15, 0.2) is 35.8 Å². The normalized spacial score (nSPS) is 15.4. The molecule has 6 heteroatoms. The monoisotopic (exact) mass is 331 g/mol. The topological polar surface area (TPSA) is 54.5 Å². The van der Waals surface area contributed by atoms with Gasteiger partial charge in [-0.2, -0.15) is 0 Å². The van der Waals surface area contributed by atoms with E-state index in [2.05, 4.69) is 10.3 Å². The minimum absolute atomic E-state index is 0.00820. The minimum Gasteiger partial charge on any atom is -0.489 e. The summed E-state index contributed by atoms with van der Waals surface area (Å²) in [5, 5.41) is 4.99. The van der Waals surface area contributed by atoms with E-state index in [0.29, 0.717) is 6.54 Å². The Morgan fingerprint density at radius 1 is 1.39 bits per heavy atom. The highest BCUT2D eigenvalue weighted by molar-refractivity contribution is 7.09. The first-order valence-corrected chi connectivity index (χ1v) is 8.73. The number of nitrogens with zero attached hydrogens (tertiary/aromatic N) is 2. The lowest BCUT2D eigenvalue weighted by Gasteiger charge is -2.32. The van der Waals surface area contributed by atoms with Crippen molar-refractivity contribution >= 4 is 17.4 Å². The first-order valence-electron chi connectivity index (χ1n) is 7.85. The second kappa shape index (κ2) is 7.46. The highest BCUT2D eigenvalue weighted by Gasteiger charge is 2.23. The maximum Gasteiger partial charge on any atom is 0.317 e. The number of ether oxygens (including phenoxy) is 1. The van der Waals surface area contributed by atoms with Gasteiger partial charge in [-0.25, -0.2) is 4.79 Å². The van der Waals surface area contributed by atoms with Crippen LogP contribution in [0.4, 0.5) is 4.79 Å². The van der Waals surface area contributed by atoms with E-state index in [4.69, 9.17) is 4.74 Å². The molecule has 2 aromatic heterocycles. The van der Waals surface area contributed by atoms with Crippen molar-refractivity contribution in [2.24, 2.45) is 0 Å². The fourth-order valence-corrected chi connectivity index (χ4v) is 3.23. The molecular weight excluding hydrogens is 310 g/mol. The van der Waals surface area contributed by atoms with Gasteiger partial charge in [0.15, 0.2) is 0 Å². The number of carbonyl (C=O) groups excluding carboxylic acids is 1. The zero-order valence-corrected chi connectivity index (χ0v) is 14.0. The summed E-state index contributed by atoms with van der Waals surface area (Å²) in [4.78, 5) is 19.4. The molecule has 2 amide bonds. The first-order chi connectivity index (χ1) is 11.2. The number of urea groups is 1. The van der Waals surface area contributed by atoms with E-state index in [9.17, 15) is 4.79 Å². The van der Waals surface area contributed by atoms with E-state index in [1.807, 2.05) is 41.5 Å². The second-order valence-electron chi connectivity index (χ2n) is 5.68. The predicted octanol–water partition coefficient (Wildman–Crippen LogP) is 3.20. The molecule has 122 valence electrons. The van der Waals surface area contributed by atoms with Gasteiger partial charge in [-0.1, -0.05) is 6.07 Å². The highest BCUT2D eigenvalue weighted by Crippen LogP contribution is 2.18. The lowest BCUT2D eigenvalue weighted by atomic mass is 10.1. The second-order valence-corrected chi connectivity index (χ2v) is 6.71. The number of nitrogens with one attached hydrogen (secondary N) is 1. The molecule has 0 spiro atoms. The summed E-state index contributed by atoms with van der Waals surface area (Å²) in [6.45, 7) is 4.00. The van der Waals surface area contributed by atoms with Gasteiger partial charge in [0.05, 0.1) is 12.7 Å². The summed E-state index contributed by atoms with van der Waals surface area (Å²) in [7, 11) is 0. The van der Waals surface area contributed by atoms with Gasteiger partial charge in [0, 0.05) is 36.5 Å². The summed E-state index contributed by atoms with van der Waals surface area (Å²) in [5.74, 6) is 0.802. The molecule has 0 atom stereocenters. The van der Waals surface area contributed by atoms with Crippen LogP contribution in [0.3, 0.4) is 0 Å². The van der Waals surface area contributed by atoms with Crippen molar-refractivity contribution in [3.05, 3.63) is 46.4 Å². The summed E-state index contributed by atoms with van der Waals surface area (Å²) in [6, 6.07) is 7.93. The summed E-state index contributed by atoms with van der Waals surface area (Å²) < 4.78 is 5.94. The van der Waals surface area contributed by atoms with Gasteiger partial charge in [-0.15, -0.1) is 11.3 Å². The molecule has 3 rings (SSSR count). The fraction of sp³-hybridized carbons (Fsp3) is 0.412. The lowest BCUT2D eigenvalue weighted by molar-refractivity contribution is 0.110. The zero-order valence-electron chi connectivity index (χ0n) is 13.2. The van der Waals surface area contributed by atoms with Crippen LogP contribution in [0.1, 0.15) is 23.4 Å². The van der Waals surface area contributed by atoms with Gasteiger partial charge in [-0.05, 0) is 30.5 Å². The van der Waals surface area contributed by atoms with E-state index in [-0.39, 0.29) is 12.1 Å². The van der Waals surface area contributed by atoms with Crippen LogP contribution in [-0.4, -0.2) is 35.1 Å². The molecule has 1 fully saturated rings. The minimum atomic E-state index is 0.00820. The molecule has 0 bridgehead atoms. The molecule has 0 aliphatic carbocycles. The number of piperidine rings is 1. The molecule has 3 heterocycles. The lowest BCUT2D eigenvalue weighted by Crippen LogP contribution is -2.46. The first kappa shape index (κ1) is 15.8. The van der Waals surface area contributed by atoms with Crippen LogP contribution in [0.2, 0.25) is 0 Å². The Morgan fingerprint density at radius 3 is 2.87 bits per heavy atom. The van der Waals surface area contributed by atoms with Gasteiger partial charge in [0.2, 0.25) is 0 Å². The Hall–Kier alpha value is -2.08. The van der Waals surface area contributed by atoms with Crippen LogP contribution in [0.5, 0.6) is 5.75 Å². The quantitative estimate of drug-likeness (QED) is 0.936. The number of rotatable bonds is 4. The Kier molecular flexibility index (Phi) is 5.12. The molecule has 0 unspecified atom stereocenters. The average Bonchev–Trinajstić information content (AvgIpc) is 3.09. The molecule has 0 saturated carbocycles. The number of aromatic nitrogens is 1. The van der Waals surface area contributed by atoms with Crippen molar-refractivity contribution in [2.45, 2.75) is 32.4 Å². The van der Waals surface area contributed by atoms with Crippen molar-refractivity contribution in [1.82, 2.24) is 15.2 Å². The number of aryl methyl sites for hydroxylation is 1. The largest absolute Gasteiger partial charge is 0.489 e. The number of carbonyl (C=O) groups is 1. The third-order valence-electron chi connectivity index (χ3n) is 3.91. The number of hydrogen-bond donors (Lipinski definition) is 1. The third-order valence-corrected chi connectivity index (χ3v) is 4.79. The number of amides is 2. The van der Waals surface area contributed by atoms with Gasteiger partial charge in [0.25, 0.3) is 0 Å². The van der Waals surface area contributed by atoms with Gasteiger partial charge in [-0.3, -0.25) is 4.98 Å². The predicted molar refractivity (Wildman–Crippen MR) is 90.8 cm³/mol. The van der Waals surface area contributed by atoms with E-state index >= 15 is 0 Å². The van der Waals surface area contributed by atoms with Gasteiger partial charge < -0.3 is 15.0 Å². The van der Waals surface area contributed by atoms with Crippen LogP contribution >= 0.6 is 11.3 Å². The Morgan fingerprint density at radius 2 is 2.22 bits per heavy atom. The Labute approximate surface area is 140 Å². The maximum absolute atomic E-state index is 12.2. The van der Waals surface area contributed by atoms with E-state index < -0.39 is 0 Å². The molecular formula is C17H21N3O2S.